The number of rotatable bonds is 17. The van der Waals surface area contributed by atoms with Gasteiger partial charge < -0.3 is 23.6 Å². The lowest BCUT2D eigenvalue weighted by Crippen LogP contribution is -2.33. The average Bonchev–Trinajstić information content (AvgIpc) is 2.90. The van der Waals surface area contributed by atoms with Crippen LogP contribution in [0.4, 0.5) is 0 Å². The van der Waals surface area contributed by atoms with Gasteiger partial charge in [0, 0.05) is 12.1 Å². The van der Waals surface area contributed by atoms with E-state index in [0.29, 0.717) is 37.0 Å². The number of aliphatic hydroxyl groups is 1. The highest BCUT2D eigenvalue weighted by atomic mass is 31.2. The molecule has 0 amide bonds. The molecule has 0 aliphatic carbocycles. The van der Waals surface area contributed by atoms with Crippen LogP contribution in [-0.2, 0) is 18.5 Å². The summed E-state index contributed by atoms with van der Waals surface area (Å²) < 4.78 is 25.2. The maximum Gasteiger partial charge on any atom is 0.338 e. The van der Waals surface area contributed by atoms with Gasteiger partial charge in [-0.1, -0.05) is 36.4 Å². The molecule has 2 unspecified atom stereocenters. The van der Waals surface area contributed by atoms with Crippen LogP contribution in [0.3, 0.4) is 0 Å². The second-order valence-corrected chi connectivity index (χ2v) is 10.5. The maximum absolute atomic E-state index is 12.6. The predicted molar refractivity (Wildman–Crippen MR) is 144 cm³/mol. The van der Waals surface area contributed by atoms with Crippen molar-refractivity contribution >= 4 is 20.5 Å². The van der Waals surface area contributed by atoms with Crippen molar-refractivity contribution in [2.24, 2.45) is 0 Å². The molecule has 0 saturated heterocycles. The highest BCUT2D eigenvalue weighted by Gasteiger charge is 2.27. The van der Waals surface area contributed by atoms with Gasteiger partial charge >= 0.3 is 11.9 Å². The number of aliphatic hydroxyl groups excluding tert-OH is 1. The summed E-state index contributed by atoms with van der Waals surface area (Å²) in [4.78, 5) is 25.0. The maximum atomic E-state index is 12.6. The van der Waals surface area contributed by atoms with E-state index in [0.717, 1.165) is 0 Å². The first-order chi connectivity index (χ1) is 17.8. The zero-order valence-corrected chi connectivity index (χ0v) is 23.1. The quantitative estimate of drug-likeness (QED) is 0.159. The molecular weight excluding hydrogens is 493 g/mol. The second-order valence-electron chi connectivity index (χ2n) is 9.05. The summed E-state index contributed by atoms with van der Waals surface area (Å²) >= 11 is 0. The molecule has 0 bridgehead atoms. The third-order valence-electron chi connectivity index (χ3n) is 5.35. The van der Waals surface area contributed by atoms with Crippen molar-refractivity contribution in [3.8, 4) is 0 Å². The van der Waals surface area contributed by atoms with Gasteiger partial charge in [-0.05, 0) is 71.2 Å². The third-order valence-corrected chi connectivity index (χ3v) is 7.46. The van der Waals surface area contributed by atoms with Gasteiger partial charge in [0.05, 0.1) is 30.9 Å². The number of ether oxygens (including phenoxy) is 2. The Hall–Kier alpha value is -2.35. The molecule has 0 spiro atoms. The van der Waals surface area contributed by atoms with E-state index in [1.807, 2.05) is 12.1 Å². The summed E-state index contributed by atoms with van der Waals surface area (Å²) in [7, 11) is -1.31. The van der Waals surface area contributed by atoms with E-state index in [4.69, 9.17) is 18.5 Å². The zero-order valence-electron chi connectivity index (χ0n) is 22.2. The Morgan fingerprint density at radius 1 is 0.811 bits per heavy atom. The smallest absolute Gasteiger partial charge is 0.338 e. The molecule has 0 aliphatic rings. The number of hydrogen-bond donors (Lipinski definition) is 1. The number of carbonyl (C=O) groups excluding carboxylic acids is 2. The first-order valence-corrected chi connectivity index (χ1v) is 13.9. The van der Waals surface area contributed by atoms with Gasteiger partial charge in [0.25, 0.3) is 8.53 Å². The van der Waals surface area contributed by atoms with Crippen LogP contribution >= 0.6 is 8.53 Å². The molecule has 8 nitrogen and oxygen atoms in total. The second kappa shape index (κ2) is 17.2. The predicted octanol–water partition coefficient (Wildman–Crippen LogP) is 5.61. The molecule has 1 N–H and O–H groups in total. The van der Waals surface area contributed by atoms with E-state index in [1.54, 1.807) is 48.5 Å². The van der Waals surface area contributed by atoms with Gasteiger partial charge in [-0.3, -0.25) is 0 Å². The van der Waals surface area contributed by atoms with E-state index in [9.17, 15) is 14.7 Å². The molecule has 9 heteroatoms. The van der Waals surface area contributed by atoms with E-state index >= 15 is 0 Å². The Morgan fingerprint density at radius 2 is 1.35 bits per heavy atom. The molecule has 0 saturated carbocycles. The average molecular weight is 534 g/mol. The van der Waals surface area contributed by atoms with Crippen LogP contribution in [0.1, 0.15) is 67.7 Å². The molecule has 37 heavy (non-hydrogen) atoms. The van der Waals surface area contributed by atoms with Crippen LogP contribution in [0.5, 0.6) is 0 Å². The van der Waals surface area contributed by atoms with Crippen molar-refractivity contribution in [2.45, 2.75) is 65.1 Å². The largest absolute Gasteiger partial charge is 0.458 e. The number of esters is 2. The first-order valence-electron chi connectivity index (χ1n) is 12.8. The van der Waals surface area contributed by atoms with Gasteiger partial charge in [-0.15, -0.1) is 0 Å². The van der Waals surface area contributed by atoms with Crippen LogP contribution in [0.25, 0.3) is 0 Å². The van der Waals surface area contributed by atoms with E-state index < -0.39 is 26.6 Å². The van der Waals surface area contributed by atoms with Crippen molar-refractivity contribution in [1.82, 2.24) is 4.67 Å². The fourth-order valence-corrected chi connectivity index (χ4v) is 5.29. The molecule has 0 heterocycles. The van der Waals surface area contributed by atoms with Gasteiger partial charge in [0.1, 0.15) is 12.7 Å². The standard InChI is InChI=1S/C28H40NO7P/c1-22(2)29(23(3)4)37(35-20-18-30)34-19-12-11-17-26(36-28(32)25-15-9-6-10-16-25)21-33-27(31)24-13-7-5-8-14-24/h5-10,13-16,22-23,26,30H,11-12,17-21H2,1-4H3. The summed E-state index contributed by atoms with van der Waals surface area (Å²) in [6, 6.07) is 17.9. The number of benzene rings is 2. The summed E-state index contributed by atoms with van der Waals surface area (Å²) in [5, 5.41) is 9.20. The van der Waals surface area contributed by atoms with Crippen LogP contribution in [0.15, 0.2) is 60.7 Å². The highest BCUT2D eigenvalue weighted by Crippen LogP contribution is 2.45. The molecule has 2 aromatic carbocycles. The lowest BCUT2D eigenvalue weighted by Gasteiger charge is -2.35. The number of carbonyl (C=O) groups is 2. The fraction of sp³-hybridized carbons (Fsp3) is 0.500. The van der Waals surface area contributed by atoms with Gasteiger partial charge in [-0.25, -0.2) is 14.3 Å². The molecule has 2 aromatic rings. The van der Waals surface area contributed by atoms with Crippen LogP contribution in [-0.4, -0.2) is 66.3 Å². The SMILES string of the molecule is CC(C)N(C(C)C)P(OCCO)OCCCCC(COC(=O)c1ccccc1)OC(=O)c1ccccc1. The number of nitrogens with zero attached hydrogens (tertiary/aromatic N) is 1. The van der Waals surface area contributed by atoms with Crippen molar-refractivity contribution in [1.29, 1.82) is 0 Å². The Morgan fingerprint density at radius 3 is 1.89 bits per heavy atom. The minimum absolute atomic E-state index is 0.0338. The highest BCUT2D eigenvalue weighted by molar-refractivity contribution is 7.44. The van der Waals surface area contributed by atoms with Gasteiger partial charge in [-0.2, -0.15) is 0 Å². The zero-order chi connectivity index (χ0) is 27.0. The molecule has 0 aliphatic heterocycles. The lowest BCUT2D eigenvalue weighted by atomic mass is 10.1. The van der Waals surface area contributed by atoms with E-state index in [2.05, 4.69) is 32.4 Å². The molecule has 0 fully saturated rings. The van der Waals surface area contributed by atoms with Crippen molar-refractivity contribution in [2.75, 3.05) is 26.4 Å². The summed E-state index contributed by atoms with van der Waals surface area (Å²) in [5.41, 5.74) is 0.888. The van der Waals surface area contributed by atoms with E-state index in [1.165, 1.54) is 0 Å². The van der Waals surface area contributed by atoms with Crippen LogP contribution < -0.4 is 0 Å². The van der Waals surface area contributed by atoms with E-state index in [-0.39, 0.29) is 31.9 Å². The molecule has 0 radical (unpaired) electrons. The summed E-state index contributed by atoms with van der Waals surface area (Å²) in [6.45, 7) is 8.91. The Bertz CT molecular complexity index is 903. The van der Waals surface area contributed by atoms with Crippen molar-refractivity contribution in [3.63, 3.8) is 0 Å². The Kier molecular flexibility index (Phi) is 14.4. The topological polar surface area (TPSA) is 94.5 Å². The lowest BCUT2D eigenvalue weighted by molar-refractivity contribution is -0.00360. The monoisotopic (exact) mass is 533 g/mol. The minimum Gasteiger partial charge on any atom is -0.458 e. The molecule has 2 atom stereocenters. The number of hydrogen-bond acceptors (Lipinski definition) is 8. The normalized spacial score (nSPS) is 13.1. The summed E-state index contributed by atoms with van der Waals surface area (Å²) in [6.07, 6.45) is 1.33. The first kappa shape index (κ1) is 30.9. The third kappa shape index (κ3) is 11.3. The van der Waals surface area contributed by atoms with Crippen LogP contribution in [0.2, 0.25) is 0 Å². The van der Waals surface area contributed by atoms with Gasteiger partial charge in [0.15, 0.2) is 0 Å². The number of unbranched alkanes of at least 4 members (excludes halogenated alkanes) is 1. The molecule has 204 valence electrons. The fourth-order valence-electron chi connectivity index (χ4n) is 3.68. The summed E-state index contributed by atoms with van der Waals surface area (Å²) in [5.74, 6) is -0.915. The minimum atomic E-state index is -1.31. The van der Waals surface area contributed by atoms with Crippen LogP contribution in [0, 0.1) is 0 Å². The molecular formula is C28H40NO7P. The molecule has 0 aromatic heterocycles. The Labute approximate surface area is 221 Å². The molecule has 2 rings (SSSR count). The van der Waals surface area contributed by atoms with Crippen molar-refractivity contribution in [3.05, 3.63) is 71.8 Å². The Balaban J connectivity index is 1.92. The van der Waals surface area contributed by atoms with Gasteiger partial charge in [0.2, 0.25) is 0 Å². The van der Waals surface area contributed by atoms with Crippen molar-refractivity contribution < 1.29 is 33.2 Å².